The van der Waals surface area contributed by atoms with Gasteiger partial charge in [0.1, 0.15) is 11.5 Å². The molecule has 1 fully saturated rings. The minimum Gasteiger partial charge on any atom is -0.497 e. The fourth-order valence-electron chi connectivity index (χ4n) is 4.63. The lowest BCUT2D eigenvalue weighted by Gasteiger charge is -2.35. The standard InChI is InChI=1S/C28H30N2O6S/c1-18-6-10-22(11-7-18)37-28(27(32)36-5)16-25(31)30(26(28)19-12-13-29-24(14-19)35-4)17-20-8-9-21(33-2)15-23(20)34-3/h6-15,26H,16-17H2,1-5H3. The number of rotatable bonds is 9. The summed E-state index contributed by atoms with van der Waals surface area (Å²) in [6.45, 7) is 2.22. The Kier molecular flexibility index (Phi) is 7.92. The number of nitrogens with zero attached hydrogens (tertiary/aromatic N) is 2. The second kappa shape index (κ2) is 11.1. The van der Waals surface area contributed by atoms with Crippen LogP contribution in [-0.4, -0.2) is 54.9 Å². The molecule has 1 aliphatic heterocycles. The Hall–Kier alpha value is -3.72. The molecule has 1 amide bonds. The highest BCUT2D eigenvalue weighted by molar-refractivity contribution is 8.01. The third-order valence-corrected chi connectivity index (χ3v) is 7.86. The van der Waals surface area contributed by atoms with Gasteiger partial charge in [0.15, 0.2) is 4.75 Å². The molecule has 0 radical (unpaired) electrons. The molecule has 0 aliphatic carbocycles. The van der Waals surface area contributed by atoms with Gasteiger partial charge in [-0.1, -0.05) is 17.7 Å². The van der Waals surface area contributed by atoms with Crippen LogP contribution in [0, 0.1) is 6.92 Å². The van der Waals surface area contributed by atoms with Crippen LogP contribution in [0.5, 0.6) is 17.4 Å². The van der Waals surface area contributed by atoms with Crippen molar-refractivity contribution < 1.29 is 28.5 Å². The molecular formula is C28H30N2O6S. The number of likely N-dealkylation sites (tertiary alicyclic amines) is 1. The lowest BCUT2D eigenvalue weighted by Crippen LogP contribution is -2.42. The molecule has 194 valence electrons. The summed E-state index contributed by atoms with van der Waals surface area (Å²) in [5.74, 6) is 0.959. The third-order valence-electron chi connectivity index (χ3n) is 6.46. The number of hydrogen-bond donors (Lipinski definition) is 0. The number of carbonyl (C=O) groups is 2. The van der Waals surface area contributed by atoms with Crippen LogP contribution >= 0.6 is 11.8 Å². The molecule has 3 aromatic rings. The molecule has 4 rings (SSSR count). The molecule has 37 heavy (non-hydrogen) atoms. The minimum atomic E-state index is -1.24. The molecule has 2 heterocycles. The molecule has 0 bridgehead atoms. The number of aromatic nitrogens is 1. The second-order valence-electron chi connectivity index (χ2n) is 8.71. The van der Waals surface area contributed by atoms with E-state index >= 15 is 0 Å². The summed E-state index contributed by atoms with van der Waals surface area (Å²) in [6, 6.07) is 16.2. The molecule has 1 aromatic heterocycles. The van der Waals surface area contributed by atoms with E-state index in [-0.39, 0.29) is 18.9 Å². The van der Waals surface area contributed by atoms with Gasteiger partial charge in [0.2, 0.25) is 11.8 Å². The number of esters is 1. The summed E-state index contributed by atoms with van der Waals surface area (Å²) in [4.78, 5) is 34.1. The Morgan fingerprint density at radius 2 is 1.78 bits per heavy atom. The predicted molar refractivity (Wildman–Crippen MR) is 140 cm³/mol. The number of pyridine rings is 1. The zero-order valence-electron chi connectivity index (χ0n) is 21.5. The van der Waals surface area contributed by atoms with Crippen molar-refractivity contribution in [1.29, 1.82) is 0 Å². The minimum absolute atomic E-state index is 0.0357. The number of ether oxygens (including phenoxy) is 4. The van der Waals surface area contributed by atoms with Gasteiger partial charge < -0.3 is 23.8 Å². The van der Waals surface area contributed by atoms with Crippen LogP contribution in [0.1, 0.15) is 29.2 Å². The highest BCUT2D eigenvalue weighted by Crippen LogP contribution is 2.54. The number of aryl methyl sites for hydroxylation is 1. The summed E-state index contributed by atoms with van der Waals surface area (Å²) < 4.78 is 20.4. The van der Waals surface area contributed by atoms with Crippen LogP contribution in [0.4, 0.5) is 0 Å². The van der Waals surface area contributed by atoms with Crippen molar-refractivity contribution in [2.24, 2.45) is 0 Å². The van der Waals surface area contributed by atoms with Crippen molar-refractivity contribution in [3.8, 4) is 17.4 Å². The van der Waals surface area contributed by atoms with Gasteiger partial charge in [-0.05, 0) is 42.8 Å². The van der Waals surface area contributed by atoms with E-state index in [0.717, 1.165) is 21.6 Å². The Bertz CT molecular complexity index is 1280. The summed E-state index contributed by atoms with van der Waals surface area (Å²) in [6.07, 6.45) is 1.58. The number of thioether (sulfide) groups is 1. The van der Waals surface area contributed by atoms with Crippen molar-refractivity contribution in [3.63, 3.8) is 0 Å². The smallest absolute Gasteiger partial charge is 0.325 e. The van der Waals surface area contributed by atoms with Crippen LogP contribution < -0.4 is 14.2 Å². The van der Waals surface area contributed by atoms with E-state index in [1.165, 1.54) is 26.0 Å². The van der Waals surface area contributed by atoms with Crippen LogP contribution in [0.3, 0.4) is 0 Å². The van der Waals surface area contributed by atoms with E-state index in [1.807, 2.05) is 43.3 Å². The maximum Gasteiger partial charge on any atom is 0.325 e. The maximum absolute atomic E-state index is 13.7. The first-order valence-electron chi connectivity index (χ1n) is 11.7. The molecule has 0 saturated carbocycles. The van der Waals surface area contributed by atoms with Gasteiger partial charge in [-0.2, -0.15) is 0 Å². The van der Waals surface area contributed by atoms with E-state index in [0.29, 0.717) is 17.4 Å². The second-order valence-corrected chi connectivity index (χ2v) is 10.1. The van der Waals surface area contributed by atoms with Gasteiger partial charge in [0, 0.05) is 35.3 Å². The molecule has 0 spiro atoms. The van der Waals surface area contributed by atoms with Gasteiger partial charge >= 0.3 is 5.97 Å². The lowest BCUT2D eigenvalue weighted by atomic mass is 9.92. The molecule has 8 nitrogen and oxygen atoms in total. The van der Waals surface area contributed by atoms with E-state index < -0.39 is 16.8 Å². The monoisotopic (exact) mass is 522 g/mol. The van der Waals surface area contributed by atoms with Gasteiger partial charge in [0.05, 0.1) is 40.9 Å². The average molecular weight is 523 g/mol. The molecule has 0 N–H and O–H groups in total. The Balaban J connectivity index is 1.86. The van der Waals surface area contributed by atoms with E-state index in [2.05, 4.69) is 4.98 Å². The van der Waals surface area contributed by atoms with Crippen LogP contribution in [0.2, 0.25) is 0 Å². The van der Waals surface area contributed by atoms with Gasteiger partial charge in [-0.3, -0.25) is 9.59 Å². The van der Waals surface area contributed by atoms with Crippen LogP contribution in [0.25, 0.3) is 0 Å². The Morgan fingerprint density at radius 3 is 2.43 bits per heavy atom. The predicted octanol–water partition coefficient (Wildman–Crippen LogP) is 4.59. The molecule has 9 heteroatoms. The Morgan fingerprint density at radius 1 is 1.03 bits per heavy atom. The Labute approximate surface area is 220 Å². The highest BCUT2D eigenvalue weighted by atomic mass is 32.2. The van der Waals surface area contributed by atoms with Crippen molar-refractivity contribution in [2.45, 2.75) is 35.6 Å². The maximum atomic E-state index is 13.7. The van der Waals surface area contributed by atoms with Crippen molar-refractivity contribution in [2.75, 3.05) is 28.4 Å². The first-order chi connectivity index (χ1) is 17.8. The zero-order chi connectivity index (χ0) is 26.6. The average Bonchev–Trinajstić information content (AvgIpc) is 3.20. The van der Waals surface area contributed by atoms with Crippen molar-refractivity contribution in [1.82, 2.24) is 9.88 Å². The van der Waals surface area contributed by atoms with E-state index in [1.54, 1.807) is 43.5 Å². The van der Waals surface area contributed by atoms with E-state index in [9.17, 15) is 9.59 Å². The first kappa shape index (κ1) is 26.3. The molecule has 1 saturated heterocycles. The zero-order valence-corrected chi connectivity index (χ0v) is 22.3. The number of methoxy groups -OCH3 is 4. The van der Waals surface area contributed by atoms with Gasteiger partial charge in [-0.25, -0.2) is 4.98 Å². The van der Waals surface area contributed by atoms with Crippen LogP contribution in [0.15, 0.2) is 65.7 Å². The number of hydrogen-bond acceptors (Lipinski definition) is 8. The summed E-state index contributed by atoms with van der Waals surface area (Å²) in [5.41, 5.74) is 2.60. The fourth-order valence-corrected chi connectivity index (χ4v) is 6.06. The van der Waals surface area contributed by atoms with Gasteiger partial charge in [0.25, 0.3) is 0 Å². The SMILES string of the molecule is COC(=O)C1(Sc2ccc(C)cc2)CC(=O)N(Cc2ccc(OC)cc2OC)C1c1ccnc(OC)c1. The largest absolute Gasteiger partial charge is 0.497 e. The summed E-state index contributed by atoms with van der Waals surface area (Å²) >= 11 is 1.34. The molecule has 1 aliphatic rings. The molecular weight excluding hydrogens is 492 g/mol. The summed E-state index contributed by atoms with van der Waals surface area (Å²) in [5, 5.41) is 0. The van der Waals surface area contributed by atoms with Gasteiger partial charge in [-0.15, -0.1) is 11.8 Å². The van der Waals surface area contributed by atoms with Crippen molar-refractivity contribution >= 4 is 23.6 Å². The fraction of sp³-hybridized carbons (Fsp3) is 0.321. The highest BCUT2D eigenvalue weighted by Gasteiger charge is 2.59. The number of carbonyl (C=O) groups excluding carboxylic acids is 2. The van der Waals surface area contributed by atoms with Crippen LogP contribution in [-0.2, 0) is 20.9 Å². The third kappa shape index (κ3) is 5.22. The topological polar surface area (TPSA) is 87.2 Å². The quantitative estimate of drug-likeness (QED) is 0.377. The molecule has 2 unspecified atom stereocenters. The number of amides is 1. The van der Waals surface area contributed by atoms with E-state index in [4.69, 9.17) is 18.9 Å². The lowest BCUT2D eigenvalue weighted by molar-refractivity contribution is -0.144. The summed E-state index contributed by atoms with van der Waals surface area (Å²) in [7, 11) is 6.03. The van der Waals surface area contributed by atoms with Crippen molar-refractivity contribution in [3.05, 3.63) is 77.5 Å². The molecule has 2 aromatic carbocycles. The molecule has 2 atom stereocenters. The first-order valence-corrected chi connectivity index (χ1v) is 12.5. The number of benzene rings is 2. The normalized spacial score (nSPS) is 19.0.